The van der Waals surface area contributed by atoms with E-state index in [-0.39, 0.29) is 11.7 Å². The van der Waals surface area contributed by atoms with Crippen LogP contribution in [0, 0.1) is 0 Å². The molecule has 0 saturated carbocycles. The number of phenolic OH excluding ortho intramolecular Hbond substituents is 1. The number of rotatable bonds is 4. The summed E-state index contributed by atoms with van der Waals surface area (Å²) in [5, 5.41) is 9.81. The summed E-state index contributed by atoms with van der Waals surface area (Å²) in [5.41, 5.74) is 0.696. The lowest BCUT2D eigenvalue weighted by molar-refractivity contribution is -0.122. The Bertz CT molecular complexity index is 783. The van der Waals surface area contributed by atoms with Gasteiger partial charge in [0, 0.05) is 0 Å². The van der Waals surface area contributed by atoms with Crippen LogP contribution in [0.15, 0.2) is 45.9 Å². The second-order valence-electron chi connectivity index (χ2n) is 4.78. The fourth-order valence-electron chi connectivity index (χ4n) is 2.14. The Morgan fingerprint density at radius 2 is 2.26 bits per heavy atom. The maximum absolute atomic E-state index is 12.5. The van der Waals surface area contributed by atoms with Gasteiger partial charge < -0.3 is 14.3 Å². The fraction of sp³-hybridized carbons (Fsp3) is 0.125. The molecule has 7 heteroatoms. The molecule has 0 aliphatic carbocycles. The van der Waals surface area contributed by atoms with Gasteiger partial charge in [0.25, 0.3) is 5.91 Å². The molecule has 1 aromatic heterocycles. The van der Waals surface area contributed by atoms with E-state index >= 15 is 0 Å². The summed E-state index contributed by atoms with van der Waals surface area (Å²) in [6, 6.07) is 8.51. The smallest absolute Gasteiger partial charge is 0.266 e. The van der Waals surface area contributed by atoms with Crippen LogP contribution in [0.3, 0.4) is 0 Å². The molecule has 1 N–H and O–H groups in total. The van der Waals surface area contributed by atoms with Crippen LogP contribution in [0.5, 0.6) is 11.5 Å². The Balaban J connectivity index is 1.82. The molecule has 1 saturated heterocycles. The van der Waals surface area contributed by atoms with Crippen LogP contribution >= 0.6 is 24.0 Å². The highest BCUT2D eigenvalue weighted by atomic mass is 32.2. The van der Waals surface area contributed by atoms with E-state index in [4.69, 9.17) is 21.4 Å². The molecule has 118 valence electrons. The van der Waals surface area contributed by atoms with E-state index in [0.29, 0.717) is 32.8 Å². The molecule has 1 amide bonds. The summed E-state index contributed by atoms with van der Waals surface area (Å²) < 4.78 is 10.7. The molecule has 0 atom stereocenters. The van der Waals surface area contributed by atoms with Crippen LogP contribution in [0.2, 0.25) is 0 Å². The SMILES string of the molecule is COc1ccc(/C=C2\SC(=S)N(Cc3ccco3)C2=O)cc1O. The van der Waals surface area contributed by atoms with Crippen LogP contribution in [0.25, 0.3) is 6.08 Å². The number of carbonyl (C=O) groups excluding carboxylic acids is 1. The van der Waals surface area contributed by atoms with Crippen LogP contribution in [-0.4, -0.2) is 27.3 Å². The van der Waals surface area contributed by atoms with Gasteiger partial charge in [-0.2, -0.15) is 0 Å². The molecule has 3 rings (SSSR count). The summed E-state index contributed by atoms with van der Waals surface area (Å²) >= 11 is 6.49. The average molecular weight is 347 g/mol. The van der Waals surface area contributed by atoms with Gasteiger partial charge in [0.2, 0.25) is 0 Å². The minimum Gasteiger partial charge on any atom is -0.504 e. The number of carbonyl (C=O) groups is 1. The topological polar surface area (TPSA) is 62.9 Å². The quantitative estimate of drug-likeness (QED) is 0.676. The molecule has 5 nitrogen and oxygen atoms in total. The third kappa shape index (κ3) is 3.25. The zero-order valence-electron chi connectivity index (χ0n) is 12.2. The number of ether oxygens (including phenoxy) is 1. The van der Waals surface area contributed by atoms with Gasteiger partial charge in [-0.15, -0.1) is 0 Å². The predicted octanol–water partition coefficient (Wildman–Crippen LogP) is 3.40. The lowest BCUT2D eigenvalue weighted by Crippen LogP contribution is -2.27. The van der Waals surface area contributed by atoms with Gasteiger partial charge in [-0.3, -0.25) is 9.69 Å². The molecular weight excluding hydrogens is 334 g/mol. The molecule has 0 spiro atoms. The summed E-state index contributed by atoms with van der Waals surface area (Å²) in [6.45, 7) is 0.308. The van der Waals surface area contributed by atoms with Gasteiger partial charge in [-0.05, 0) is 35.9 Å². The monoisotopic (exact) mass is 347 g/mol. The number of nitrogens with zero attached hydrogens (tertiary/aromatic N) is 1. The second-order valence-corrected chi connectivity index (χ2v) is 6.45. The number of aromatic hydroxyl groups is 1. The Kier molecular flexibility index (Phi) is 4.40. The zero-order valence-corrected chi connectivity index (χ0v) is 13.8. The second kappa shape index (κ2) is 6.47. The molecule has 23 heavy (non-hydrogen) atoms. The maximum Gasteiger partial charge on any atom is 0.266 e. The van der Waals surface area contributed by atoms with Crippen molar-refractivity contribution in [3.63, 3.8) is 0 Å². The molecule has 2 aromatic rings. The van der Waals surface area contributed by atoms with Crippen molar-refractivity contribution >= 4 is 40.3 Å². The van der Waals surface area contributed by atoms with Crippen molar-refractivity contribution in [2.45, 2.75) is 6.54 Å². The summed E-state index contributed by atoms with van der Waals surface area (Å²) in [4.78, 5) is 14.5. The highest BCUT2D eigenvalue weighted by molar-refractivity contribution is 8.26. The third-order valence-corrected chi connectivity index (χ3v) is 4.65. The molecule has 1 aromatic carbocycles. The lowest BCUT2D eigenvalue weighted by Gasteiger charge is -2.12. The minimum absolute atomic E-state index is 0.0207. The molecule has 1 aliphatic rings. The van der Waals surface area contributed by atoms with Crippen LogP contribution < -0.4 is 4.74 Å². The highest BCUT2D eigenvalue weighted by Crippen LogP contribution is 2.35. The van der Waals surface area contributed by atoms with E-state index in [1.165, 1.54) is 29.8 Å². The number of phenols is 1. The van der Waals surface area contributed by atoms with Crippen molar-refractivity contribution in [2.24, 2.45) is 0 Å². The minimum atomic E-state index is -0.174. The maximum atomic E-state index is 12.5. The molecular formula is C16H13NO4S2. The first-order valence-electron chi connectivity index (χ1n) is 6.73. The molecule has 1 fully saturated rings. The van der Waals surface area contributed by atoms with Gasteiger partial charge in [-0.1, -0.05) is 30.0 Å². The summed E-state index contributed by atoms with van der Waals surface area (Å²) in [6.07, 6.45) is 3.25. The van der Waals surface area contributed by atoms with E-state index in [9.17, 15) is 9.90 Å². The van der Waals surface area contributed by atoms with Crippen LogP contribution in [0.4, 0.5) is 0 Å². The zero-order chi connectivity index (χ0) is 16.4. The number of methoxy groups -OCH3 is 1. The van der Waals surface area contributed by atoms with Gasteiger partial charge >= 0.3 is 0 Å². The van der Waals surface area contributed by atoms with E-state index in [0.717, 1.165) is 0 Å². The molecule has 0 radical (unpaired) electrons. The Morgan fingerprint density at radius 1 is 1.43 bits per heavy atom. The molecule has 1 aliphatic heterocycles. The number of thioether (sulfide) groups is 1. The predicted molar refractivity (Wildman–Crippen MR) is 92.1 cm³/mol. The number of amides is 1. The summed E-state index contributed by atoms with van der Waals surface area (Å²) in [7, 11) is 1.48. The Labute approximate surface area is 142 Å². The highest BCUT2D eigenvalue weighted by Gasteiger charge is 2.32. The Hall–Kier alpha value is -2.25. The number of hydrogen-bond donors (Lipinski definition) is 1. The first-order valence-corrected chi connectivity index (χ1v) is 7.95. The van der Waals surface area contributed by atoms with Gasteiger partial charge in [0.15, 0.2) is 11.5 Å². The van der Waals surface area contributed by atoms with E-state index in [1.54, 1.807) is 36.6 Å². The molecule has 2 heterocycles. The van der Waals surface area contributed by atoms with Crippen LogP contribution in [-0.2, 0) is 11.3 Å². The normalized spacial score (nSPS) is 16.4. The Morgan fingerprint density at radius 3 is 2.91 bits per heavy atom. The van der Waals surface area contributed by atoms with Crippen molar-refractivity contribution in [1.29, 1.82) is 0 Å². The van der Waals surface area contributed by atoms with Crippen molar-refractivity contribution in [2.75, 3.05) is 7.11 Å². The van der Waals surface area contributed by atoms with Crippen molar-refractivity contribution in [3.8, 4) is 11.5 Å². The largest absolute Gasteiger partial charge is 0.504 e. The molecule has 0 unspecified atom stereocenters. The first kappa shape index (κ1) is 15.6. The van der Waals surface area contributed by atoms with Gasteiger partial charge in [0.1, 0.15) is 10.1 Å². The van der Waals surface area contributed by atoms with E-state index in [1.807, 2.05) is 0 Å². The van der Waals surface area contributed by atoms with Crippen molar-refractivity contribution in [3.05, 3.63) is 52.8 Å². The molecule has 0 bridgehead atoms. The third-order valence-electron chi connectivity index (χ3n) is 3.27. The standard InChI is InChI=1S/C16H13NO4S2/c1-20-13-5-4-10(7-12(13)18)8-14-15(19)17(16(22)23-14)9-11-3-2-6-21-11/h2-8,18H,9H2,1H3/b14-8-. The first-order chi connectivity index (χ1) is 11.1. The van der Waals surface area contributed by atoms with Gasteiger partial charge in [-0.25, -0.2) is 0 Å². The van der Waals surface area contributed by atoms with E-state index < -0.39 is 0 Å². The van der Waals surface area contributed by atoms with Crippen LogP contribution in [0.1, 0.15) is 11.3 Å². The number of hydrogen-bond acceptors (Lipinski definition) is 6. The fourth-order valence-corrected chi connectivity index (χ4v) is 3.40. The number of thiocarbonyl (C=S) groups is 1. The average Bonchev–Trinajstić information content (AvgIpc) is 3.12. The van der Waals surface area contributed by atoms with Crippen molar-refractivity contribution < 1.29 is 19.1 Å². The van der Waals surface area contributed by atoms with Crippen molar-refractivity contribution in [1.82, 2.24) is 4.90 Å². The van der Waals surface area contributed by atoms with E-state index in [2.05, 4.69) is 0 Å². The number of furan rings is 1. The van der Waals surface area contributed by atoms with Gasteiger partial charge in [0.05, 0.1) is 24.8 Å². The number of benzene rings is 1. The lowest BCUT2D eigenvalue weighted by atomic mass is 10.2. The summed E-state index contributed by atoms with van der Waals surface area (Å²) in [5.74, 6) is 0.899.